The molecule has 1 aromatic rings. The molecule has 0 saturated heterocycles. The summed E-state index contributed by atoms with van der Waals surface area (Å²) in [5.41, 5.74) is 1.39. The largest absolute Gasteiger partial charge is 0.484 e. The second-order valence-electron chi connectivity index (χ2n) is 6.31. The van der Waals surface area contributed by atoms with Crippen LogP contribution >= 0.6 is 24.0 Å². The van der Waals surface area contributed by atoms with Crippen molar-refractivity contribution in [1.82, 2.24) is 16.0 Å². The molecule has 0 radical (unpaired) electrons. The highest BCUT2D eigenvalue weighted by Crippen LogP contribution is 2.23. The number of hydrogen-bond donors (Lipinski definition) is 3. The first-order chi connectivity index (χ1) is 12.6. The second kappa shape index (κ2) is 12.7. The Labute approximate surface area is 180 Å². The number of hydrogen-bond acceptors (Lipinski definition) is 3. The zero-order chi connectivity index (χ0) is 20.4. The van der Waals surface area contributed by atoms with E-state index in [1.54, 1.807) is 32.2 Å². The maximum atomic E-state index is 12.4. The predicted molar refractivity (Wildman–Crippen MR) is 114 cm³/mol. The number of halogens is 4. The molecule has 0 fully saturated rings. The molecule has 0 aliphatic heterocycles. The Morgan fingerprint density at radius 3 is 2.39 bits per heavy atom. The molecule has 10 heteroatoms. The summed E-state index contributed by atoms with van der Waals surface area (Å²) < 4.78 is 42.2. The number of aliphatic imine (C=N–C) groups is 1. The molecule has 28 heavy (non-hydrogen) atoms. The fraction of sp³-hybridized carbons (Fsp3) is 0.556. The van der Waals surface area contributed by atoms with Crippen LogP contribution in [0.2, 0.25) is 0 Å². The van der Waals surface area contributed by atoms with E-state index >= 15 is 0 Å². The van der Waals surface area contributed by atoms with Crippen molar-refractivity contribution in [1.29, 1.82) is 0 Å². The number of ether oxygens (including phenoxy) is 1. The summed E-state index contributed by atoms with van der Waals surface area (Å²) in [5, 5.41) is 8.81. The fourth-order valence-corrected chi connectivity index (χ4v) is 2.07. The number of carbonyl (C=O) groups is 1. The molecule has 0 aliphatic rings. The van der Waals surface area contributed by atoms with Crippen molar-refractivity contribution < 1.29 is 22.7 Å². The highest BCUT2D eigenvalue weighted by atomic mass is 127. The van der Waals surface area contributed by atoms with Crippen LogP contribution in [-0.2, 0) is 11.3 Å². The molecule has 0 bridgehead atoms. The molecule has 1 rings (SSSR count). The summed E-state index contributed by atoms with van der Waals surface area (Å²) >= 11 is 0. The average molecular weight is 516 g/mol. The maximum Gasteiger partial charge on any atom is 0.422 e. The molecule has 0 heterocycles. The Kier molecular flexibility index (Phi) is 11.9. The van der Waals surface area contributed by atoms with Crippen LogP contribution in [0.15, 0.2) is 23.2 Å². The second-order valence-corrected chi connectivity index (χ2v) is 6.31. The van der Waals surface area contributed by atoms with Gasteiger partial charge in [0.15, 0.2) is 12.6 Å². The van der Waals surface area contributed by atoms with Crippen molar-refractivity contribution >= 4 is 35.8 Å². The van der Waals surface area contributed by atoms with E-state index in [4.69, 9.17) is 4.74 Å². The molecule has 0 unspecified atom stereocenters. The normalized spacial score (nSPS) is 11.6. The van der Waals surface area contributed by atoms with E-state index in [1.165, 1.54) is 0 Å². The number of carbonyl (C=O) groups excluding carboxylic acids is 1. The first kappa shape index (κ1) is 26.3. The standard InChI is InChI=1S/C18H27F3N4O2.HI/c1-12(2)16(26)23-7-8-24-17(22-4)25-10-14-6-5-13(3)9-15(14)27-11-18(19,20)21;/h5-6,9,12H,7-8,10-11H2,1-4H3,(H,23,26)(H2,22,24,25);1H. The van der Waals surface area contributed by atoms with E-state index in [0.717, 1.165) is 5.56 Å². The molecule has 0 aliphatic carbocycles. The third-order valence-corrected chi connectivity index (χ3v) is 3.52. The Balaban J connectivity index is 0.00000729. The topological polar surface area (TPSA) is 74.8 Å². The number of rotatable bonds is 8. The summed E-state index contributed by atoms with van der Waals surface area (Å²) in [7, 11) is 1.58. The van der Waals surface area contributed by atoms with Gasteiger partial charge in [-0.05, 0) is 18.6 Å². The molecule has 0 aromatic heterocycles. The number of alkyl halides is 3. The van der Waals surface area contributed by atoms with Crippen LogP contribution in [0, 0.1) is 12.8 Å². The first-order valence-electron chi connectivity index (χ1n) is 8.63. The Morgan fingerprint density at radius 1 is 1.18 bits per heavy atom. The number of nitrogens with zero attached hydrogens (tertiary/aromatic N) is 1. The number of nitrogens with one attached hydrogen (secondary N) is 3. The van der Waals surface area contributed by atoms with Crippen molar-refractivity contribution in [2.45, 2.75) is 33.5 Å². The number of benzene rings is 1. The predicted octanol–water partition coefficient (Wildman–Crippen LogP) is 2.99. The van der Waals surface area contributed by atoms with Gasteiger partial charge < -0.3 is 20.7 Å². The summed E-state index contributed by atoms with van der Waals surface area (Å²) in [6, 6.07) is 5.08. The van der Waals surface area contributed by atoms with Gasteiger partial charge in [0.25, 0.3) is 0 Å². The minimum absolute atomic E-state index is 0. The number of aryl methyl sites for hydroxylation is 1. The van der Waals surface area contributed by atoms with Crippen molar-refractivity contribution in [2.75, 3.05) is 26.7 Å². The van der Waals surface area contributed by atoms with Gasteiger partial charge in [-0.15, -0.1) is 24.0 Å². The van der Waals surface area contributed by atoms with Crippen LogP contribution in [0.1, 0.15) is 25.0 Å². The minimum Gasteiger partial charge on any atom is -0.484 e. The van der Waals surface area contributed by atoms with Crippen LogP contribution in [0.5, 0.6) is 5.75 Å². The molecule has 6 nitrogen and oxygen atoms in total. The summed E-state index contributed by atoms with van der Waals surface area (Å²) in [4.78, 5) is 15.5. The van der Waals surface area contributed by atoms with E-state index in [2.05, 4.69) is 20.9 Å². The first-order valence-corrected chi connectivity index (χ1v) is 8.63. The SMILES string of the molecule is CN=C(NCCNC(=O)C(C)C)NCc1ccc(C)cc1OCC(F)(F)F.I. The van der Waals surface area contributed by atoms with E-state index in [0.29, 0.717) is 24.6 Å². The summed E-state index contributed by atoms with van der Waals surface area (Å²) in [6.07, 6.45) is -4.40. The average Bonchev–Trinajstić information content (AvgIpc) is 2.59. The zero-order valence-corrected chi connectivity index (χ0v) is 18.8. The monoisotopic (exact) mass is 516 g/mol. The van der Waals surface area contributed by atoms with E-state index in [-0.39, 0.29) is 48.1 Å². The van der Waals surface area contributed by atoms with Crippen molar-refractivity contribution in [3.63, 3.8) is 0 Å². The van der Waals surface area contributed by atoms with Gasteiger partial charge in [-0.1, -0.05) is 26.0 Å². The van der Waals surface area contributed by atoms with Crippen LogP contribution < -0.4 is 20.7 Å². The summed E-state index contributed by atoms with van der Waals surface area (Å²) in [5.74, 6) is 0.528. The highest BCUT2D eigenvalue weighted by molar-refractivity contribution is 14.0. The van der Waals surface area contributed by atoms with Crippen LogP contribution in [0.25, 0.3) is 0 Å². The lowest BCUT2D eigenvalue weighted by molar-refractivity contribution is -0.153. The number of amides is 1. The molecular weight excluding hydrogens is 488 g/mol. The molecule has 3 N–H and O–H groups in total. The lowest BCUT2D eigenvalue weighted by Gasteiger charge is -2.16. The lowest BCUT2D eigenvalue weighted by Crippen LogP contribution is -2.41. The van der Waals surface area contributed by atoms with Crippen LogP contribution in [0.3, 0.4) is 0 Å². The van der Waals surface area contributed by atoms with Gasteiger partial charge in [0.2, 0.25) is 5.91 Å². The minimum atomic E-state index is -4.40. The third kappa shape index (κ3) is 10.6. The van der Waals surface area contributed by atoms with Crippen LogP contribution in [0.4, 0.5) is 13.2 Å². The van der Waals surface area contributed by atoms with Crippen molar-refractivity contribution in [3.05, 3.63) is 29.3 Å². The van der Waals surface area contributed by atoms with Gasteiger partial charge in [0, 0.05) is 38.2 Å². The van der Waals surface area contributed by atoms with Gasteiger partial charge in [0.05, 0.1) is 0 Å². The fourth-order valence-electron chi connectivity index (χ4n) is 2.07. The maximum absolute atomic E-state index is 12.4. The smallest absolute Gasteiger partial charge is 0.422 e. The molecule has 1 amide bonds. The van der Waals surface area contributed by atoms with Gasteiger partial charge in [0.1, 0.15) is 5.75 Å². The molecule has 0 atom stereocenters. The van der Waals surface area contributed by atoms with Gasteiger partial charge in [-0.25, -0.2) is 0 Å². The van der Waals surface area contributed by atoms with Crippen molar-refractivity contribution in [3.8, 4) is 5.75 Å². The molecular formula is C18H28F3IN4O2. The zero-order valence-electron chi connectivity index (χ0n) is 16.4. The van der Waals surface area contributed by atoms with Gasteiger partial charge in [-0.2, -0.15) is 13.2 Å². The van der Waals surface area contributed by atoms with Crippen LogP contribution in [-0.4, -0.2) is 44.8 Å². The Hall–Kier alpha value is -1.72. The Morgan fingerprint density at radius 2 is 1.82 bits per heavy atom. The van der Waals surface area contributed by atoms with Gasteiger partial charge in [-0.3, -0.25) is 9.79 Å². The van der Waals surface area contributed by atoms with E-state index in [1.807, 2.05) is 13.8 Å². The van der Waals surface area contributed by atoms with Crippen molar-refractivity contribution in [2.24, 2.45) is 10.9 Å². The third-order valence-electron chi connectivity index (χ3n) is 3.52. The Bertz CT molecular complexity index is 652. The molecule has 0 spiro atoms. The quantitative estimate of drug-likeness (QED) is 0.215. The summed E-state index contributed by atoms with van der Waals surface area (Å²) in [6.45, 7) is 5.19. The number of guanidine groups is 1. The molecule has 160 valence electrons. The van der Waals surface area contributed by atoms with E-state index in [9.17, 15) is 18.0 Å². The van der Waals surface area contributed by atoms with Gasteiger partial charge >= 0.3 is 6.18 Å². The molecule has 1 aromatic carbocycles. The van der Waals surface area contributed by atoms with E-state index < -0.39 is 12.8 Å². The highest BCUT2D eigenvalue weighted by Gasteiger charge is 2.28. The lowest BCUT2D eigenvalue weighted by atomic mass is 10.1. The molecule has 0 saturated carbocycles.